The van der Waals surface area contributed by atoms with Crippen LogP contribution in [0.25, 0.3) is 0 Å². The molecule has 0 heterocycles. The number of rotatable bonds is 49. The molecule has 3 unspecified atom stereocenters. The average Bonchev–Trinajstić information content (AvgIpc) is 3.26. The van der Waals surface area contributed by atoms with Crippen LogP contribution in [0.15, 0.2) is 36.5 Å². The summed E-state index contributed by atoms with van der Waals surface area (Å²) in [7, 11) is 0. The lowest BCUT2D eigenvalue weighted by Gasteiger charge is -2.23. The van der Waals surface area contributed by atoms with E-state index in [2.05, 4.69) is 50.4 Å². The van der Waals surface area contributed by atoms with E-state index in [1.165, 1.54) is 193 Å². The lowest BCUT2D eigenvalue weighted by atomic mass is 10.0. The van der Waals surface area contributed by atoms with Gasteiger partial charge in [-0.05, 0) is 63.9 Å². The molecule has 3 atom stereocenters. The Morgan fingerprint density at radius 2 is 0.855 bits per heavy atom. The number of allylic oxidation sites excluding steroid dienone is 5. The molecular weight excluding hydrogens is 767 g/mol. The number of hydrogen-bond donors (Lipinski definition) is 3. The third kappa shape index (κ3) is 44.7. The number of nitrogens with one attached hydrogen (secondary N) is 1. The number of carbonyl (C=O) groups is 2. The molecule has 0 aromatic rings. The van der Waals surface area contributed by atoms with Crippen molar-refractivity contribution in [2.24, 2.45) is 0 Å². The fourth-order valence-corrected chi connectivity index (χ4v) is 8.27. The Morgan fingerprint density at radius 3 is 1.27 bits per heavy atom. The van der Waals surface area contributed by atoms with Crippen molar-refractivity contribution in [3.05, 3.63) is 36.5 Å². The van der Waals surface area contributed by atoms with Gasteiger partial charge in [-0.2, -0.15) is 0 Å². The highest BCUT2D eigenvalue weighted by Gasteiger charge is 2.23. The summed E-state index contributed by atoms with van der Waals surface area (Å²) in [6, 6.07) is -0.730. The molecule has 0 aliphatic rings. The van der Waals surface area contributed by atoms with Crippen LogP contribution in [-0.2, 0) is 14.3 Å². The van der Waals surface area contributed by atoms with Crippen molar-refractivity contribution in [1.82, 2.24) is 5.32 Å². The van der Waals surface area contributed by atoms with E-state index in [1.54, 1.807) is 0 Å². The Balaban J connectivity index is 4.52. The van der Waals surface area contributed by atoms with Crippen LogP contribution >= 0.6 is 0 Å². The molecule has 364 valence electrons. The number of ether oxygens (including phenoxy) is 1. The van der Waals surface area contributed by atoms with Crippen LogP contribution in [0.3, 0.4) is 0 Å². The second-order valence-electron chi connectivity index (χ2n) is 18.6. The monoisotopic (exact) mass is 872 g/mol. The van der Waals surface area contributed by atoms with Gasteiger partial charge in [-0.25, -0.2) is 0 Å². The summed E-state index contributed by atoms with van der Waals surface area (Å²) in [5.74, 6) is -0.595. The van der Waals surface area contributed by atoms with E-state index in [0.717, 1.165) is 51.4 Å². The molecule has 1 amide bonds. The third-order valence-corrected chi connectivity index (χ3v) is 12.4. The predicted molar refractivity (Wildman–Crippen MR) is 269 cm³/mol. The van der Waals surface area contributed by atoms with E-state index in [4.69, 9.17) is 4.74 Å². The first-order valence-electron chi connectivity index (χ1n) is 27.2. The molecule has 0 bridgehead atoms. The maximum absolute atomic E-state index is 13.2. The lowest BCUT2D eigenvalue weighted by Crippen LogP contribution is -2.46. The number of aliphatic hydroxyl groups is 2. The van der Waals surface area contributed by atoms with Gasteiger partial charge in [0.1, 0.15) is 6.10 Å². The minimum Gasteiger partial charge on any atom is -0.458 e. The molecule has 0 fully saturated rings. The van der Waals surface area contributed by atoms with Crippen molar-refractivity contribution in [3.63, 3.8) is 0 Å². The summed E-state index contributed by atoms with van der Waals surface area (Å²) < 4.78 is 5.84. The van der Waals surface area contributed by atoms with Crippen LogP contribution in [0.1, 0.15) is 284 Å². The Bertz CT molecular complexity index is 1020. The molecule has 0 rings (SSSR count). The molecule has 0 aliphatic heterocycles. The minimum atomic E-state index is -0.809. The van der Waals surface area contributed by atoms with Gasteiger partial charge in [0.2, 0.25) is 5.91 Å². The van der Waals surface area contributed by atoms with Crippen molar-refractivity contribution >= 4 is 11.9 Å². The number of carbonyl (C=O) groups excluding carboxylic acids is 2. The van der Waals surface area contributed by atoms with E-state index < -0.39 is 18.2 Å². The first-order valence-corrected chi connectivity index (χ1v) is 27.2. The SMILES string of the molecule is CCCCCCCC/C=C\C/C=C/C(CC(=O)NC(CO)C(O)CCCCCCCCCCCCCCC)OC(=O)CCCCCCCCCCC/C=C/CCCCCCCC. The van der Waals surface area contributed by atoms with Crippen LogP contribution in [0.2, 0.25) is 0 Å². The fraction of sp³-hybridized carbons (Fsp3) is 0.857. The smallest absolute Gasteiger partial charge is 0.306 e. The molecule has 0 spiro atoms. The van der Waals surface area contributed by atoms with Gasteiger partial charge in [-0.15, -0.1) is 0 Å². The molecule has 0 aromatic heterocycles. The molecule has 0 aliphatic carbocycles. The second-order valence-corrected chi connectivity index (χ2v) is 18.6. The van der Waals surface area contributed by atoms with Gasteiger partial charge in [-0.1, -0.05) is 244 Å². The second kappa shape index (κ2) is 50.1. The molecule has 0 saturated carbocycles. The molecular formula is C56H105NO5. The van der Waals surface area contributed by atoms with Crippen LogP contribution in [0, 0.1) is 0 Å². The Hall–Kier alpha value is -1.92. The zero-order valence-electron chi connectivity index (χ0n) is 41.5. The highest BCUT2D eigenvalue weighted by molar-refractivity contribution is 5.78. The number of unbranched alkanes of at least 4 members (excludes halogenated alkanes) is 33. The lowest BCUT2D eigenvalue weighted by molar-refractivity contribution is -0.148. The highest BCUT2D eigenvalue weighted by atomic mass is 16.5. The highest BCUT2D eigenvalue weighted by Crippen LogP contribution is 2.17. The first-order chi connectivity index (χ1) is 30.5. The molecule has 0 saturated heterocycles. The third-order valence-electron chi connectivity index (χ3n) is 12.4. The van der Waals surface area contributed by atoms with Gasteiger partial charge in [0.25, 0.3) is 0 Å². The normalized spacial score (nSPS) is 13.4. The van der Waals surface area contributed by atoms with Gasteiger partial charge in [0.05, 0.1) is 25.2 Å². The summed E-state index contributed by atoms with van der Waals surface area (Å²) in [6.07, 6.45) is 59.6. The van der Waals surface area contributed by atoms with Gasteiger partial charge in [0.15, 0.2) is 0 Å². The van der Waals surface area contributed by atoms with Crippen molar-refractivity contribution in [2.45, 2.75) is 302 Å². The average molecular weight is 872 g/mol. The molecule has 3 N–H and O–H groups in total. The van der Waals surface area contributed by atoms with Gasteiger partial charge in [0, 0.05) is 6.42 Å². The summed E-state index contributed by atoms with van der Waals surface area (Å²) in [6.45, 7) is 6.46. The standard InChI is InChI=1S/C56H105NO5/c1-4-7-10-13-16-19-22-24-25-26-27-28-29-31-34-37-40-43-46-49-56(61)62-52(47-44-41-38-35-32-21-18-15-12-9-6-3)50-55(60)57-53(51-58)54(59)48-45-42-39-36-33-30-23-20-17-14-11-8-5-2/h24-25,35,38,44,47,52-54,58-59H,4-23,26-34,36-37,39-43,45-46,48-51H2,1-3H3,(H,57,60)/b25-24+,38-35-,47-44+. The number of hydrogen-bond acceptors (Lipinski definition) is 5. The van der Waals surface area contributed by atoms with Crippen LogP contribution in [-0.4, -0.2) is 46.9 Å². The fourth-order valence-electron chi connectivity index (χ4n) is 8.27. The molecule has 0 radical (unpaired) electrons. The summed E-state index contributed by atoms with van der Waals surface area (Å²) in [5, 5.41) is 23.7. The molecule has 6 nitrogen and oxygen atoms in total. The van der Waals surface area contributed by atoms with Gasteiger partial charge in [-0.3, -0.25) is 9.59 Å². The van der Waals surface area contributed by atoms with E-state index >= 15 is 0 Å². The number of aliphatic hydroxyl groups excluding tert-OH is 2. The largest absolute Gasteiger partial charge is 0.458 e. The topological polar surface area (TPSA) is 95.9 Å². The molecule has 0 aromatic carbocycles. The Morgan fingerprint density at radius 1 is 0.484 bits per heavy atom. The quantitative estimate of drug-likeness (QED) is 0.0321. The van der Waals surface area contributed by atoms with Crippen molar-refractivity contribution < 1.29 is 24.5 Å². The van der Waals surface area contributed by atoms with Crippen molar-refractivity contribution in [1.29, 1.82) is 0 Å². The zero-order valence-corrected chi connectivity index (χ0v) is 41.5. The van der Waals surface area contributed by atoms with Crippen molar-refractivity contribution in [3.8, 4) is 0 Å². The number of esters is 1. The van der Waals surface area contributed by atoms with Crippen LogP contribution in [0.4, 0.5) is 0 Å². The van der Waals surface area contributed by atoms with Gasteiger partial charge < -0.3 is 20.3 Å². The number of amides is 1. The Labute approximate surface area is 385 Å². The molecule has 6 heteroatoms. The first kappa shape index (κ1) is 60.1. The summed E-state index contributed by atoms with van der Waals surface area (Å²) >= 11 is 0. The van der Waals surface area contributed by atoms with Gasteiger partial charge >= 0.3 is 5.97 Å². The van der Waals surface area contributed by atoms with E-state index in [1.807, 2.05) is 12.2 Å². The maximum atomic E-state index is 13.2. The maximum Gasteiger partial charge on any atom is 0.306 e. The van der Waals surface area contributed by atoms with Crippen molar-refractivity contribution in [2.75, 3.05) is 6.61 Å². The Kier molecular flexibility index (Phi) is 48.5. The predicted octanol–water partition coefficient (Wildman–Crippen LogP) is 16.5. The van der Waals surface area contributed by atoms with E-state index in [-0.39, 0.29) is 24.9 Å². The summed E-state index contributed by atoms with van der Waals surface area (Å²) in [5.41, 5.74) is 0. The van der Waals surface area contributed by atoms with E-state index in [9.17, 15) is 19.8 Å². The summed E-state index contributed by atoms with van der Waals surface area (Å²) in [4.78, 5) is 26.1. The molecule has 62 heavy (non-hydrogen) atoms. The van der Waals surface area contributed by atoms with Crippen LogP contribution in [0.5, 0.6) is 0 Å². The van der Waals surface area contributed by atoms with E-state index in [0.29, 0.717) is 12.8 Å². The zero-order chi connectivity index (χ0) is 45.2. The van der Waals surface area contributed by atoms with Crippen LogP contribution < -0.4 is 5.32 Å². The minimum absolute atomic E-state index is 0.0266.